The van der Waals surface area contributed by atoms with Gasteiger partial charge in [-0.25, -0.2) is 9.78 Å². The van der Waals surface area contributed by atoms with Gasteiger partial charge in [-0.3, -0.25) is 14.3 Å². The Morgan fingerprint density at radius 2 is 2.22 bits per heavy atom. The van der Waals surface area contributed by atoms with Gasteiger partial charge in [0.05, 0.1) is 16.7 Å². The summed E-state index contributed by atoms with van der Waals surface area (Å²) in [5.41, 5.74) is 2.77. The third kappa shape index (κ3) is 2.37. The number of carbonyl (C=O) groups excluding carboxylic acids is 1. The van der Waals surface area contributed by atoms with Gasteiger partial charge in [0.25, 0.3) is 5.91 Å². The lowest BCUT2D eigenvalue weighted by molar-refractivity contribution is 0.0985. The number of hydrogen-bond acceptors (Lipinski definition) is 4. The Bertz CT molecular complexity index is 964. The van der Waals surface area contributed by atoms with E-state index in [9.17, 15) is 9.59 Å². The van der Waals surface area contributed by atoms with E-state index in [-0.39, 0.29) is 17.6 Å². The number of hydrogen-bond donors (Lipinski definition) is 1. The van der Waals surface area contributed by atoms with Gasteiger partial charge in [-0.15, -0.1) is 11.3 Å². The van der Waals surface area contributed by atoms with Gasteiger partial charge in [0, 0.05) is 24.0 Å². The fraction of sp³-hybridized carbons (Fsp3) is 0.312. The van der Waals surface area contributed by atoms with Crippen molar-refractivity contribution in [3.8, 4) is 0 Å². The Hall–Kier alpha value is -2.41. The SMILES string of the molecule is Cc1csc(N(C(=O)c2ccc3c(c2)[nH]c(=O)n3C)C2CC2)n1. The molecule has 118 valence electrons. The lowest BCUT2D eigenvalue weighted by atomic mass is 10.1. The molecular weight excluding hydrogens is 312 g/mol. The van der Waals surface area contributed by atoms with Crippen molar-refractivity contribution in [2.45, 2.75) is 25.8 Å². The molecule has 0 unspecified atom stereocenters. The van der Waals surface area contributed by atoms with Crippen LogP contribution in [0.4, 0.5) is 5.13 Å². The number of nitrogens with one attached hydrogen (secondary N) is 1. The van der Waals surface area contributed by atoms with Crippen LogP contribution in [-0.2, 0) is 7.05 Å². The molecule has 1 saturated carbocycles. The number of H-pyrrole nitrogens is 1. The molecule has 1 amide bonds. The fourth-order valence-corrected chi connectivity index (χ4v) is 3.57. The average Bonchev–Trinajstić information content (AvgIpc) is 3.21. The van der Waals surface area contributed by atoms with Crippen LogP contribution in [0.15, 0.2) is 28.4 Å². The first-order valence-electron chi connectivity index (χ1n) is 7.49. The lowest BCUT2D eigenvalue weighted by Gasteiger charge is -2.19. The second kappa shape index (κ2) is 5.06. The van der Waals surface area contributed by atoms with Crippen molar-refractivity contribution >= 4 is 33.4 Å². The Labute approximate surface area is 136 Å². The smallest absolute Gasteiger partial charge is 0.306 e. The number of fused-ring (bicyclic) bond motifs is 1. The topological polar surface area (TPSA) is 71.0 Å². The van der Waals surface area contributed by atoms with Crippen LogP contribution in [0.1, 0.15) is 28.9 Å². The molecule has 0 spiro atoms. The number of nitrogens with zero attached hydrogens (tertiary/aromatic N) is 3. The molecule has 1 aromatic carbocycles. The Morgan fingerprint density at radius 3 is 2.87 bits per heavy atom. The van der Waals surface area contributed by atoms with Gasteiger partial charge < -0.3 is 4.98 Å². The van der Waals surface area contributed by atoms with E-state index in [0.29, 0.717) is 11.1 Å². The van der Waals surface area contributed by atoms with Crippen LogP contribution in [0.3, 0.4) is 0 Å². The van der Waals surface area contributed by atoms with Crippen LogP contribution >= 0.6 is 11.3 Å². The first-order chi connectivity index (χ1) is 11.0. The third-order valence-electron chi connectivity index (χ3n) is 4.09. The van der Waals surface area contributed by atoms with Crippen LogP contribution < -0.4 is 10.6 Å². The number of benzene rings is 1. The highest BCUT2D eigenvalue weighted by Gasteiger charge is 2.36. The molecule has 0 atom stereocenters. The molecule has 1 fully saturated rings. The average molecular weight is 328 g/mol. The Morgan fingerprint density at radius 1 is 1.43 bits per heavy atom. The van der Waals surface area contributed by atoms with Gasteiger partial charge >= 0.3 is 5.69 Å². The first kappa shape index (κ1) is 14.2. The Kier molecular flexibility index (Phi) is 3.12. The number of anilines is 1. The predicted octanol–water partition coefficient (Wildman–Crippen LogP) is 2.44. The molecule has 23 heavy (non-hydrogen) atoms. The highest BCUT2D eigenvalue weighted by atomic mass is 32.1. The molecule has 2 heterocycles. The third-order valence-corrected chi connectivity index (χ3v) is 5.05. The van der Waals surface area contributed by atoms with Gasteiger partial charge in [0.1, 0.15) is 0 Å². The van der Waals surface area contributed by atoms with Crippen LogP contribution in [0, 0.1) is 6.92 Å². The van der Waals surface area contributed by atoms with Crippen molar-refractivity contribution in [2.24, 2.45) is 7.05 Å². The summed E-state index contributed by atoms with van der Waals surface area (Å²) >= 11 is 1.49. The molecule has 6 nitrogen and oxygen atoms in total. The molecule has 0 bridgehead atoms. The number of aryl methyl sites for hydroxylation is 2. The highest BCUT2D eigenvalue weighted by molar-refractivity contribution is 7.14. The van der Waals surface area contributed by atoms with Crippen molar-refractivity contribution in [2.75, 3.05) is 4.90 Å². The summed E-state index contributed by atoms with van der Waals surface area (Å²) in [6.07, 6.45) is 2.02. The molecule has 0 radical (unpaired) electrons. The zero-order valence-electron chi connectivity index (χ0n) is 12.9. The molecule has 1 aliphatic rings. The fourth-order valence-electron chi connectivity index (χ4n) is 2.70. The summed E-state index contributed by atoms with van der Waals surface area (Å²) in [6.45, 7) is 1.93. The van der Waals surface area contributed by atoms with Crippen LogP contribution in [0.25, 0.3) is 11.0 Å². The van der Waals surface area contributed by atoms with Crippen molar-refractivity contribution in [1.82, 2.24) is 14.5 Å². The van der Waals surface area contributed by atoms with E-state index in [2.05, 4.69) is 9.97 Å². The number of aromatic amines is 1. The summed E-state index contributed by atoms with van der Waals surface area (Å²) in [7, 11) is 1.71. The van der Waals surface area contributed by atoms with E-state index in [1.54, 1.807) is 30.1 Å². The summed E-state index contributed by atoms with van der Waals surface area (Å²) in [5, 5.41) is 2.70. The van der Waals surface area contributed by atoms with Crippen LogP contribution in [0.2, 0.25) is 0 Å². The second-order valence-corrected chi connectivity index (χ2v) is 6.74. The molecule has 7 heteroatoms. The maximum Gasteiger partial charge on any atom is 0.326 e. The van der Waals surface area contributed by atoms with E-state index in [1.807, 2.05) is 12.3 Å². The molecule has 1 aliphatic carbocycles. The molecular formula is C16H16N4O2S. The van der Waals surface area contributed by atoms with Gasteiger partial charge in [-0.1, -0.05) is 0 Å². The van der Waals surface area contributed by atoms with Crippen molar-refractivity contribution in [3.63, 3.8) is 0 Å². The maximum absolute atomic E-state index is 13.0. The van der Waals surface area contributed by atoms with Gasteiger partial charge in [0.2, 0.25) is 0 Å². The minimum Gasteiger partial charge on any atom is -0.306 e. The van der Waals surface area contributed by atoms with Gasteiger partial charge in [0.15, 0.2) is 5.13 Å². The van der Waals surface area contributed by atoms with Crippen molar-refractivity contribution in [3.05, 3.63) is 45.3 Å². The van der Waals surface area contributed by atoms with E-state index in [4.69, 9.17) is 0 Å². The number of amides is 1. The summed E-state index contributed by atoms with van der Waals surface area (Å²) < 4.78 is 1.53. The van der Waals surface area contributed by atoms with E-state index >= 15 is 0 Å². The second-order valence-electron chi connectivity index (χ2n) is 5.90. The zero-order valence-corrected chi connectivity index (χ0v) is 13.7. The number of imidazole rings is 1. The molecule has 2 aromatic heterocycles. The number of carbonyl (C=O) groups is 1. The predicted molar refractivity (Wildman–Crippen MR) is 90.2 cm³/mol. The Balaban J connectivity index is 1.76. The largest absolute Gasteiger partial charge is 0.326 e. The van der Waals surface area contributed by atoms with Crippen LogP contribution in [0.5, 0.6) is 0 Å². The zero-order chi connectivity index (χ0) is 16.1. The number of rotatable bonds is 3. The molecule has 4 rings (SSSR count). The number of thiazole rings is 1. The maximum atomic E-state index is 13.0. The van der Waals surface area contributed by atoms with E-state index in [1.165, 1.54) is 15.9 Å². The summed E-state index contributed by atoms with van der Waals surface area (Å²) in [6, 6.07) is 5.56. The van der Waals surface area contributed by atoms with Gasteiger partial charge in [-0.2, -0.15) is 0 Å². The minimum atomic E-state index is -0.181. The van der Waals surface area contributed by atoms with Crippen LogP contribution in [-0.4, -0.2) is 26.5 Å². The normalized spacial score (nSPS) is 14.3. The number of aromatic nitrogens is 3. The lowest BCUT2D eigenvalue weighted by Crippen LogP contribution is -2.33. The molecule has 0 aliphatic heterocycles. The van der Waals surface area contributed by atoms with Crippen molar-refractivity contribution in [1.29, 1.82) is 0 Å². The highest BCUT2D eigenvalue weighted by Crippen LogP contribution is 2.35. The molecule has 1 N–H and O–H groups in total. The minimum absolute atomic E-state index is 0.0616. The standard InChI is InChI=1S/C16H16N4O2S/c1-9-8-23-16(17-9)20(11-4-5-11)14(21)10-3-6-13-12(7-10)18-15(22)19(13)2/h3,6-8,11H,4-5H2,1-2H3,(H,18,22). The molecule has 3 aromatic rings. The van der Waals surface area contributed by atoms with Gasteiger partial charge in [-0.05, 0) is 38.0 Å². The monoisotopic (exact) mass is 328 g/mol. The van der Waals surface area contributed by atoms with E-state index in [0.717, 1.165) is 29.2 Å². The quantitative estimate of drug-likeness (QED) is 0.803. The first-order valence-corrected chi connectivity index (χ1v) is 8.37. The molecule has 0 saturated heterocycles. The van der Waals surface area contributed by atoms with E-state index < -0.39 is 0 Å². The van der Waals surface area contributed by atoms with Crippen molar-refractivity contribution < 1.29 is 4.79 Å². The summed E-state index contributed by atoms with van der Waals surface area (Å²) in [5.74, 6) is -0.0616. The summed E-state index contributed by atoms with van der Waals surface area (Å²) in [4.78, 5) is 33.7.